The molecule has 1 N–H and O–H groups in total. The Kier molecular flexibility index (Phi) is 4.91. The van der Waals surface area contributed by atoms with Crippen molar-refractivity contribution in [1.82, 2.24) is 20.1 Å². The van der Waals surface area contributed by atoms with Gasteiger partial charge >= 0.3 is 6.03 Å². The molecule has 2 aliphatic heterocycles. The standard InChI is InChI=1S/C21H22N6O2/c1-21(17-7-5-16(14-22)6-8-17)19(28)27(20(29)24-21)15-25-10-12-26(13-11-25)18-4-2-3-9-23-18/h2-9H,10-13,15H2,1H3,(H,24,29). The van der Waals surface area contributed by atoms with Crippen LogP contribution in [0.3, 0.4) is 0 Å². The third-order valence-electron chi connectivity index (χ3n) is 5.55. The molecule has 148 valence electrons. The van der Waals surface area contributed by atoms with Crippen molar-refractivity contribution in [1.29, 1.82) is 5.26 Å². The van der Waals surface area contributed by atoms with Crippen LogP contribution in [0.15, 0.2) is 48.7 Å². The number of pyridine rings is 1. The number of hydrogen-bond acceptors (Lipinski definition) is 6. The highest BCUT2D eigenvalue weighted by molar-refractivity contribution is 6.07. The van der Waals surface area contributed by atoms with Gasteiger partial charge in [0, 0.05) is 32.4 Å². The molecule has 1 unspecified atom stereocenters. The van der Waals surface area contributed by atoms with Gasteiger partial charge in [-0.1, -0.05) is 18.2 Å². The zero-order valence-electron chi connectivity index (χ0n) is 16.2. The van der Waals surface area contributed by atoms with Gasteiger partial charge in [0.2, 0.25) is 0 Å². The van der Waals surface area contributed by atoms with E-state index in [9.17, 15) is 9.59 Å². The number of carbonyl (C=O) groups is 2. The Morgan fingerprint density at radius 3 is 2.45 bits per heavy atom. The summed E-state index contributed by atoms with van der Waals surface area (Å²) in [6.07, 6.45) is 1.78. The maximum Gasteiger partial charge on any atom is 0.326 e. The molecule has 8 heteroatoms. The van der Waals surface area contributed by atoms with Crippen molar-refractivity contribution in [3.63, 3.8) is 0 Å². The molecule has 0 saturated carbocycles. The lowest BCUT2D eigenvalue weighted by Crippen LogP contribution is -2.51. The predicted octanol–water partition coefficient (Wildman–Crippen LogP) is 1.50. The fourth-order valence-electron chi connectivity index (χ4n) is 3.76. The van der Waals surface area contributed by atoms with Crippen LogP contribution in [0.4, 0.5) is 10.6 Å². The number of nitriles is 1. The Labute approximate surface area is 169 Å². The molecule has 3 amide bonds. The van der Waals surface area contributed by atoms with Crippen molar-refractivity contribution in [2.75, 3.05) is 37.7 Å². The van der Waals surface area contributed by atoms with Gasteiger partial charge < -0.3 is 10.2 Å². The number of carbonyl (C=O) groups excluding carboxylic acids is 2. The van der Waals surface area contributed by atoms with Crippen molar-refractivity contribution >= 4 is 17.8 Å². The smallest absolute Gasteiger partial charge is 0.326 e. The Bertz CT molecular complexity index is 947. The second-order valence-corrected chi connectivity index (χ2v) is 7.41. The van der Waals surface area contributed by atoms with E-state index in [1.54, 1.807) is 37.4 Å². The van der Waals surface area contributed by atoms with E-state index in [2.05, 4.69) is 26.2 Å². The highest BCUT2D eigenvalue weighted by Crippen LogP contribution is 2.29. The van der Waals surface area contributed by atoms with E-state index < -0.39 is 11.6 Å². The van der Waals surface area contributed by atoms with Crippen LogP contribution in [0.2, 0.25) is 0 Å². The molecule has 1 aromatic carbocycles. The molecular formula is C21H22N6O2. The van der Waals surface area contributed by atoms with Gasteiger partial charge in [-0.3, -0.25) is 9.69 Å². The molecule has 0 aliphatic carbocycles. The summed E-state index contributed by atoms with van der Waals surface area (Å²) in [6, 6.07) is 14.2. The number of aromatic nitrogens is 1. The fourth-order valence-corrected chi connectivity index (χ4v) is 3.76. The Balaban J connectivity index is 1.41. The van der Waals surface area contributed by atoms with E-state index in [1.165, 1.54) is 4.90 Å². The molecule has 1 aromatic heterocycles. The molecule has 2 aromatic rings. The zero-order chi connectivity index (χ0) is 20.4. The highest BCUT2D eigenvalue weighted by atomic mass is 16.2. The molecule has 29 heavy (non-hydrogen) atoms. The maximum absolute atomic E-state index is 13.1. The Hall–Kier alpha value is -3.44. The largest absolute Gasteiger partial charge is 0.354 e. The van der Waals surface area contributed by atoms with Crippen LogP contribution in [0.25, 0.3) is 0 Å². The average molecular weight is 390 g/mol. The number of amides is 3. The number of anilines is 1. The summed E-state index contributed by atoms with van der Waals surface area (Å²) < 4.78 is 0. The quantitative estimate of drug-likeness (QED) is 0.796. The first kappa shape index (κ1) is 18.9. The van der Waals surface area contributed by atoms with E-state index in [0.717, 1.165) is 32.0 Å². The molecule has 2 aliphatic rings. The summed E-state index contributed by atoms with van der Waals surface area (Å²) in [4.78, 5) is 35.6. The lowest BCUT2D eigenvalue weighted by atomic mass is 9.91. The Morgan fingerprint density at radius 2 is 1.83 bits per heavy atom. The number of nitrogens with one attached hydrogen (secondary N) is 1. The van der Waals surface area contributed by atoms with Crippen LogP contribution in [0.1, 0.15) is 18.1 Å². The highest BCUT2D eigenvalue weighted by Gasteiger charge is 2.49. The normalized spacial score (nSPS) is 22.5. The van der Waals surface area contributed by atoms with Gasteiger partial charge in [-0.05, 0) is 36.8 Å². The van der Waals surface area contributed by atoms with E-state index in [0.29, 0.717) is 11.1 Å². The minimum atomic E-state index is -1.12. The number of piperazine rings is 1. The number of benzene rings is 1. The number of imide groups is 1. The number of urea groups is 1. The summed E-state index contributed by atoms with van der Waals surface area (Å²) in [5, 5.41) is 11.8. The SMILES string of the molecule is CC1(c2ccc(C#N)cc2)NC(=O)N(CN2CCN(c3ccccn3)CC2)C1=O. The molecule has 3 heterocycles. The molecule has 8 nitrogen and oxygen atoms in total. The van der Waals surface area contributed by atoms with Crippen molar-refractivity contribution in [2.24, 2.45) is 0 Å². The minimum absolute atomic E-state index is 0.257. The first-order chi connectivity index (χ1) is 14.0. The van der Waals surface area contributed by atoms with Crippen LogP contribution in [0, 0.1) is 11.3 Å². The van der Waals surface area contributed by atoms with E-state index in [1.807, 2.05) is 18.2 Å². The number of nitrogens with zero attached hydrogens (tertiary/aromatic N) is 5. The molecule has 0 bridgehead atoms. The summed E-state index contributed by atoms with van der Waals surface area (Å²) in [7, 11) is 0. The van der Waals surface area contributed by atoms with Crippen molar-refractivity contribution < 1.29 is 9.59 Å². The molecule has 2 saturated heterocycles. The average Bonchev–Trinajstić information content (AvgIpc) is 2.99. The van der Waals surface area contributed by atoms with Crippen LogP contribution in [0.5, 0.6) is 0 Å². The van der Waals surface area contributed by atoms with Crippen LogP contribution >= 0.6 is 0 Å². The zero-order valence-corrected chi connectivity index (χ0v) is 16.2. The molecular weight excluding hydrogens is 368 g/mol. The molecule has 2 fully saturated rings. The summed E-state index contributed by atoms with van der Waals surface area (Å²) >= 11 is 0. The third kappa shape index (κ3) is 3.52. The van der Waals surface area contributed by atoms with Crippen molar-refractivity contribution in [3.8, 4) is 6.07 Å². The predicted molar refractivity (Wildman–Crippen MR) is 107 cm³/mol. The lowest BCUT2D eigenvalue weighted by Gasteiger charge is -2.36. The first-order valence-electron chi connectivity index (χ1n) is 9.54. The third-order valence-corrected chi connectivity index (χ3v) is 5.55. The monoisotopic (exact) mass is 390 g/mol. The van der Waals surface area contributed by atoms with Gasteiger partial charge in [-0.25, -0.2) is 14.7 Å². The van der Waals surface area contributed by atoms with Crippen LogP contribution in [-0.4, -0.2) is 59.6 Å². The van der Waals surface area contributed by atoms with Crippen LogP contribution < -0.4 is 10.2 Å². The second-order valence-electron chi connectivity index (χ2n) is 7.41. The van der Waals surface area contributed by atoms with Gasteiger partial charge in [0.15, 0.2) is 0 Å². The fraction of sp³-hybridized carbons (Fsp3) is 0.333. The van der Waals surface area contributed by atoms with E-state index in [-0.39, 0.29) is 12.6 Å². The van der Waals surface area contributed by atoms with Gasteiger partial charge in [0.05, 0.1) is 18.3 Å². The summed E-state index contributed by atoms with van der Waals surface area (Å²) in [6.45, 7) is 5.00. The molecule has 0 radical (unpaired) electrons. The lowest BCUT2D eigenvalue weighted by molar-refractivity contribution is -0.132. The van der Waals surface area contributed by atoms with Gasteiger partial charge in [0.1, 0.15) is 11.4 Å². The van der Waals surface area contributed by atoms with Crippen molar-refractivity contribution in [2.45, 2.75) is 12.5 Å². The van der Waals surface area contributed by atoms with Gasteiger partial charge in [-0.15, -0.1) is 0 Å². The topological polar surface area (TPSA) is 92.6 Å². The molecule has 0 spiro atoms. The van der Waals surface area contributed by atoms with Crippen molar-refractivity contribution in [3.05, 3.63) is 59.8 Å². The number of hydrogen-bond donors (Lipinski definition) is 1. The Morgan fingerprint density at radius 1 is 1.10 bits per heavy atom. The van der Waals surface area contributed by atoms with Gasteiger partial charge in [-0.2, -0.15) is 5.26 Å². The molecule has 4 rings (SSSR count). The number of rotatable bonds is 4. The van der Waals surface area contributed by atoms with E-state index >= 15 is 0 Å². The maximum atomic E-state index is 13.1. The minimum Gasteiger partial charge on any atom is -0.354 e. The van der Waals surface area contributed by atoms with Gasteiger partial charge in [0.25, 0.3) is 5.91 Å². The van der Waals surface area contributed by atoms with Crippen LogP contribution in [-0.2, 0) is 10.3 Å². The summed E-state index contributed by atoms with van der Waals surface area (Å²) in [5.41, 5.74) is 0.0509. The van der Waals surface area contributed by atoms with E-state index in [4.69, 9.17) is 5.26 Å². The first-order valence-corrected chi connectivity index (χ1v) is 9.54. The molecule has 1 atom stereocenters. The summed E-state index contributed by atoms with van der Waals surface area (Å²) in [5.74, 6) is 0.662. The second kappa shape index (κ2) is 7.53.